The van der Waals surface area contributed by atoms with Crippen LogP contribution in [0.5, 0.6) is 5.75 Å². The number of aromatic hydroxyl groups is 1. The topological polar surface area (TPSA) is 20.2 Å². The number of hydrogen-bond acceptors (Lipinski definition) is 1. The molecule has 0 aliphatic carbocycles. The highest BCUT2D eigenvalue weighted by molar-refractivity contribution is 5.29. The number of phenols is 1. The van der Waals surface area contributed by atoms with Crippen LogP contribution in [0.2, 0.25) is 0 Å². The van der Waals surface area contributed by atoms with Crippen molar-refractivity contribution in [1.82, 2.24) is 0 Å². The van der Waals surface area contributed by atoms with E-state index >= 15 is 0 Å². The van der Waals surface area contributed by atoms with Gasteiger partial charge in [-0.05, 0) is 40.9 Å². The molecule has 1 unspecified atom stereocenters. The molecular formula is C17H28O. The average molecular weight is 248 g/mol. The van der Waals surface area contributed by atoms with Gasteiger partial charge < -0.3 is 5.11 Å². The van der Waals surface area contributed by atoms with Gasteiger partial charge in [0.15, 0.2) is 0 Å². The van der Waals surface area contributed by atoms with E-state index in [9.17, 15) is 5.11 Å². The molecule has 0 heterocycles. The minimum Gasteiger partial charge on any atom is -0.508 e. The van der Waals surface area contributed by atoms with E-state index in [0.717, 1.165) is 0 Å². The van der Waals surface area contributed by atoms with Crippen LogP contribution in [0.1, 0.15) is 65.9 Å². The summed E-state index contributed by atoms with van der Waals surface area (Å²) in [5, 5.41) is 9.42. The molecule has 0 spiro atoms. The predicted octanol–water partition coefficient (Wildman–Crippen LogP) is 5.35. The lowest BCUT2D eigenvalue weighted by atomic mass is 9.68. The third kappa shape index (κ3) is 4.04. The molecule has 1 nitrogen and oxygen atoms in total. The Bertz CT molecular complexity index is 368. The van der Waals surface area contributed by atoms with Gasteiger partial charge in [0, 0.05) is 0 Å². The number of benzene rings is 1. The molecule has 102 valence electrons. The molecule has 0 saturated heterocycles. The van der Waals surface area contributed by atoms with Crippen LogP contribution >= 0.6 is 0 Å². The third-order valence-electron chi connectivity index (χ3n) is 4.05. The summed E-state index contributed by atoms with van der Waals surface area (Å²) < 4.78 is 0. The Morgan fingerprint density at radius 1 is 1.00 bits per heavy atom. The number of hydrogen-bond donors (Lipinski definition) is 1. The van der Waals surface area contributed by atoms with Gasteiger partial charge >= 0.3 is 0 Å². The second-order valence-electron chi connectivity index (χ2n) is 7.23. The van der Waals surface area contributed by atoms with Gasteiger partial charge in [-0.2, -0.15) is 0 Å². The molecule has 1 aromatic rings. The Kier molecular flexibility index (Phi) is 4.47. The maximum absolute atomic E-state index is 9.42. The smallest absolute Gasteiger partial charge is 0.115 e. The van der Waals surface area contributed by atoms with Crippen LogP contribution in [0.3, 0.4) is 0 Å². The van der Waals surface area contributed by atoms with Crippen molar-refractivity contribution in [3.63, 3.8) is 0 Å². The SMILES string of the molecule is CCC(C)(C)CC(c1ccc(O)cc1)C(C)(C)C. The average Bonchev–Trinajstić information content (AvgIpc) is 2.26. The van der Waals surface area contributed by atoms with Crippen molar-refractivity contribution in [2.75, 3.05) is 0 Å². The van der Waals surface area contributed by atoms with Crippen LogP contribution in [-0.4, -0.2) is 5.11 Å². The Morgan fingerprint density at radius 2 is 1.50 bits per heavy atom. The molecule has 0 saturated carbocycles. The van der Waals surface area contributed by atoms with Crippen molar-refractivity contribution in [1.29, 1.82) is 0 Å². The highest BCUT2D eigenvalue weighted by Gasteiger charge is 2.31. The zero-order valence-corrected chi connectivity index (χ0v) is 12.7. The van der Waals surface area contributed by atoms with Crippen LogP contribution < -0.4 is 0 Å². The van der Waals surface area contributed by atoms with Crippen LogP contribution in [-0.2, 0) is 0 Å². The Hall–Kier alpha value is -0.980. The molecule has 0 fully saturated rings. The summed E-state index contributed by atoms with van der Waals surface area (Å²) in [4.78, 5) is 0. The Morgan fingerprint density at radius 3 is 1.89 bits per heavy atom. The molecule has 1 atom stereocenters. The van der Waals surface area contributed by atoms with E-state index in [1.165, 1.54) is 18.4 Å². The van der Waals surface area contributed by atoms with Crippen LogP contribution in [0.25, 0.3) is 0 Å². The largest absolute Gasteiger partial charge is 0.508 e. The molecule has 0 aliphatic rings. The molecule has 0 aromatic heterocycles. The first kappa shape index (κ1) is 15.1. The van der Waals surface area contributed by atoms with Gasteiger partial charge in [0.1, 0.15) is 5.75 Å². The van der Waals surface area contributed by atoms with Crippen molar-refractivity contribution < 1.29 is 5.11 Å². The quantitative estimate of drug-likeness (QED) is 0.761. The first-order chi connectivity index (χ1) is 8.15. The lowest BCUT2D eigenvalue weighted by molar-refractivity contribution is 0.209. The maximum atomic E-state index is 9.42. The lowest BCUT2D eigenvalue weighted by Gasteiger charge is -2.37. The molecule has 1 N–H and O–H groups in total. The minimum absolute atomic E-state index is 0.239. The second kappa shape index (κ2) is 5.34. The van der Waals surface area contributed by atoms with Crippen LogP contribution in [0, 0.1) is 10.8 Å². The summed E-state index contributed by atoms with van der Waals surface area (Å²) in [6.07, 6.45) is 2.37. The summed E-state index contributed by atoms with van der Waals surface area (Å²) in [6, 6.07) is 7.73. The van der Waals surface area contributed by atoms with Crippen molar-refractivity contribution in [2.24, 2.45) is 10.8 Å². The first-order valence-corrected chi connectivity index (χ1v) is 6.94. The van der Waals surface area contributed by atoms with Gasteiger partial charge in [-0.15, -0.1) is 0 Å². The van der Waals surface area contributed by atoms with E-state index in [2.05, 4.69) is 53.7 Å². The summed E-state index contributed by atoms with van der Waals surface area (Å²) in [7, 11) is 0. The van der Waals surface area contributed by atoms with E-state index in [4.69, 9.17) is 0 Å². The summed E-state index contributed by atoms with van der Waals surface area (Å²) in [6.45, 7) is 13.8. The van der Waals surface area contributed by atoms with E-state index in [1.807, 2.05) is 0 Å². The fraction of sp³-hybridized carbons (Fsp3) is 0.647. The maximum Gasteiger partial charge on any atom is 0.115 e. The predicted molar refractivity (Wildman–Crippen MR) is 79.0 cm³/mol. The monoisotopic (exact) mass is 248 g/mol. The fourth-order valence-electron chi connectivity index (χ4n) is 2.33. The molecule has 0 radical (unpaired) electrons. The molecule has 0 amide bonds. The van der Waals surface area contributed by atoms with Crippen molar-refractivity contribution in [3.8, 4) is 5.75 Å². The van der Waals surface area contributed by atoms with Gasteiger partial charge in [0.2, 0.25) is 0 Å². The molecule has 1 heteroatoms. The normalized spacial score (nSPS) is 14.6. The highest BCUT2D eigenvalue weighted by atomic mass is 16.3. The molecule has 18 heavy (non-hydrogen) atoms. The zero-order valence-electron chi connectivity index (χ0n) is 12.7. The first-order valence-electron chi connectivity index (χ1n) is 6.94. The molecular weight excluding hydrogens is 220 g/mol. The van der Waals surface area contributed by atoms with Gasteiger partial charge in [0.05, 0.1) is 0 Å². The van der Waals surface area contributed by atoms with Crippen molar-refractivity contribution in [3.05, 3.63) is 29.8 Å². The molecule has 1 aromatic carbocycles. The van der Waals surface area contributed by atoms with Crippen molar-refractivity contribution in [2.45, 2.75) is 60.3 Å². The number of rotatable bonds is 4. The van der Waals surface area contributed by atoms with E-state index in [0.29, 0.717) is 17.1 Å². The second-order valence-corrected chi connectivity index (χ2v) is 7.23. The standard InChI is InChI=1S/C17H28O/c1-7-17(5,6)12-15(16(2,3)4)13-8-10-14(18)11-9-13/h8-11,15,18H,7,12H2,1-6H3. The summed E-state index contributed by atoms with van der Waals surface area (Å²) in [5.74, 6) is 0.870. The summed E-state index contributed by atoms with van der Waals surface area (Å²) >= 11 is 0. The summed E-state index contributed by atoms with van der Waals surface area (Å²) in [5.41, 5.74) is 1.93. The minimum atomic E-state index is 0.239. The van der Waals surface area contributed by atoms with Gasteiger partial charge in [0.25, 0.3) is 0 Å². The fourth-order valence-corrected chi connectivity index (χ4v) is 2.33. The highest BCUT2D eigenvalue weighted by Crippen LogP contribution is 2.44. The Balaban J connectivity index is 3.03. The van der Waals surface area contributed by atoms with Gasteiger partial charge in [-0.3, -0.25) is 0 Å². The van der Waals surface area contributed by atoms with E-state index in [-0.39, 0.29) is 5.41 Å². The zero-order chi connectivity index (χ0) is 14.0. The number of phenolic OH excluding ortho intramolecular Hbond substituents is 1. The third-order valence-corrected chi connectivity index (χ3v) is 4.05. The Labute approximate surface area is 112 Å². The van der Waals surface area contributed by atoms with E-state index < -0.39 is 0 Å². The van der Waals surface area contributed by atoms with Crippen LogP contribution in [0.4, 0.5) is 0 Å². The molecule has 0 bridgehead atoms. The molecule has 0 aliphatic heterocycles. The van der Waals surface area contributed by atoms with Crippen molar-refractivity contribution >= 4 is 0 Å². The van der Waals surface area contributed by atoms with Gasteiger partial charge in [-0.25, -0.2) is 0 Å². The van der Waals surface area contributed by atoms with E-state index in [1.54, 1.807) is 12.1 Å². The van der Waals surface area contributed by atoms with Gasteiger partial charge in [-0.1, -0.05) is 60.1 Å². The molecule has 1 rings (SSSR count). The van der Waals surface area contributed by atoms with Crippen LogP contribution in [0.15, 0.2) is 24.3 Å². The lowest BCUT2D eigenvalue weighted by Crippen LogP contribution is -2.25.